The highest BCUT2D eigenvalue weighted by Crippen LogP contribution is 2.33. The predicted molar refractivity (Wildman–Crippen MR) is 129 cm³/mol. The molecule has 2 fully saturated rings. The largest absolute Gasteiger partial charge is 0.494 e. The monoisotopic (exact) mass is 466 g/mol. The Bertz CT molecular complexity index is 1180. The summed E-state index contributed by atoms with van der Waals surface area (Å²) >= 11 is 0. The third-order valence-electron chi connectivity index (χ3n) is 6.56. The Hall–Kier alpha value is -3.40. The first-order valence-electron chi connectivity index (χ1n) is 11.7. The first-order valence-corrected chi connectivity index (χ1v) is 11.7. The van der Waals surface area contributed by atoms with Crippen molar-refractivity contribution in [1.29, 1.82) is 0 Å². The van der Waals surface area contributed by atoms with Gasteiger partial charge in [0.05, 0.1) is 50.5 Å². The van der Waals surface area contributed by atoms with Crippen LogP contribution in [0.5, 0.6) is 11.5 Å². The summed E-state index contributed by atoms with van der Waals surface area (Å²) in [6.45, 7) is 3.04. The highest BCUT2D eigenvalue weighted by Gasteiger charge is 2.25. The van der Waals surface area contributed by atoms with E-state index in [0.717, 1.165) is 55.5 Å². The minimum absolute atomic E-state index is 0.0632. The average Bonchev–Trinajstić information content (AvgIpc) is 2.88. The number of morpholine rings is 1. The fourth-order valence-electron chi connectivity index (χ4n) is 4.61. The van der Waals surface area contributed by atoms with Crippen molar-refractivity contribution in [1.82, 2.24) is 19.5 Å². The summed E-state index contributed by atoms with van der Waals surface area (Å²) in [5.41, 5.74) is 2.39. The first kappa shape index (κ1) is 22.4. The summed E-state index contributed by atoms with van der Waals surface area (Å²) in [6.07, 6.45) is 8.43. The van der Waals surface area contributed by atoms with Crippen molar-refractivity contribution in [2.24, 2.45) is 7.05 Å². The fourth-order valence-corrected chi connectivity index (χ4v) is 4.61. The van der Waals surface area contributed by atoms with Crippen molar-refractivity contribution in [3.63, 3.8) is 0 Å². The summed E-state index contributed by atoms with van der Waals surface area (Å²) in [7, 11) is 3.37. The van der Waals surface area contributed by atoms with Crippen LogP contribution in [0.3, 0.4) is 0 Å². The van der Waals surface area contributed by atoms with E-state index in [4.69, 9.17) is 14.2 Å². The second-order valence-corrected chi connectivity index (χ2v) is 8.75. The number of methoxy groups -OCH3 is 1. The molecule has 0 atom stereocenters. The van der Waals surface area contributed by atoms with Gasteiger partial charge in [0.2, 0.25) is 5.95 Å². The zero-order valence-corrected chi connectivity index (χ0v) is 19.6. The second kappa shape index (κ2) is 9.84. The van der Waals surface area contributed by atoms with Crippen LogP contribution in [0.1, 0.15) is 25.7 Å². The van der Waals surface area contributed by atoms with E-state index in [9.17, 15) is 4.79 Å². The Balaban J connectivity index is 1.31. The Kier molecular flexibility index (Phi) is 6.48. The lowest BCUT2D eigenvalue weighted by Gasteiger charge is -2.31. The van der Waals surface area contributed by atoms with Crippen LogP contribution in [-0.4, -0.2) is 65.1 Å². The molecule has 0 radical (unpaired) electrons. The number of anilines is 2. The van der Waals surface area contributed by atoms with E-state index < -0.39 is 0 Å². The summed E-state index contributed by atoms with van der Waals surface area (Å²) in [5, 5.41) is 3.41. The van der Waals surface area contributed by atoms with Gasteiger partial charge in [-0.1, -0.05) is 0 Å². The number of hydrogen-bond donors (Lipinski definition) is 1. The molecular weight excluding hydrogens is 436 g/mol. The van der Waals surface area contributed by atoms with E-state index in [2.05, 4.69) is 25.2 Å². The molecule has 2 aliphatic rings. The number of nitrogens with one attached hydrogen (secondary N) is 1. The summed E-state index contributed by atoms with van der Waals surface area (Å²) < 4.78 is 18.8. The maximum absolute atomic E-state index is 12.3. The molecular formula is C24H30N6O4. The molecule has 1 N–H and O–H groups in total. The molecule has 34 heavy (non-hydrogen) atoms. The lowest BCUT2D eigenvalue weighted by Crippen LogP contribution is -2.36. The molecule has 1 aromatic carbocycles. The Morgan fingerprint density at radius 2 is 1.76 bits per heavy atom. The standard InChI is InChI=1S/C24H30N6O4/c1-29-22(31)15-25-20-11-17(30-7-9-33-10-8-30)12-21(23(20)29)34-18-5-3-16(4-6-18)28-24-26-13-19(32-2)14-27-24/h11-16,18H,3-10H2,1-2H3,(H,26,27,28)/t16-,18+. The summed E-state index contributed by atoms with van der Waals surface area (Å²) in [4.78, 5) is 27.6. The normalized spacial score (nSPS) is 20.8. The molecule has 1 saturated heterocycles. The Labute approximate surface area is 197 Å². The fraction of sp³-hybridized carbons (Fsp3) is 0.500. The van der Waals surface area contributed by atoms with Crippen LogP contribution < -0.4 is 25.2 Å². The zero-order chi connectivity index (χ0) is 23.5. The van der Waals surface area contributed by atoms with Crippen molar-refractivity contribution in [2.75, 3.05) is 43.6 Å². The third kappa shape index (κ3) is 4.77. The number of rotatable bonds is 6. The van der Waals surface area contributed by atoms with Crippen LogP contribution in [0.2, 0.25) is 0 Å². The Morgan fingerprint density at radius 1 is 1.03 bits per heavy atom. The number of aromatic nitrogens is 4. The van der Waals surface area contributed by atoms with Gasteiger partial charge in [-0.3, -0.25) is 4.79 Å². The molecule has 180 valence electrons. The van der Waals surface area contributed by atoms with E-state index in [0.29, 0.717) is 30.7 Å². The van der Waals surface area contributed by atoms with Gasteiger partial charge in [0, 0.05) is 37.9 Å². The van der Waals surface area contributed by atoms with Gasteiger partial charge < -0.3 is 29.0 Å². The highest BCUT2D eigenvalue weighted by atomic mass is 16.5. The molecule has 10 nitrogen and oxygen atoms in total. The molecule has 1 aliphatic carbocycles. The first-order chi connectivity index (χ1) is 16.6. The van der Waals surface area contributed by atoms with Crippen molar-refractivity contribution < 1.29 is 14.2 Å². The molecule has 0 spiro atoms. The summed E-state index contributed by atoms with van der Waals surface area (Å²) in [5.74, 6) is 1.95. The number of fused-ring (bicyclic) bond motifs is 1. The maximum Gasteiger partial charge on any atom is 0.269 e. The number of ether oxygens (including phenoxy) is 3. The van der Waals surface area contributed by atoms with Gasteiger partial charge in [-0.15, -0.1) is 0 Å². The maximum atomic E-state index is 12.3. The van der Waals surface area contributed by atoms with Crippen LogP contribution in [0.4, 0.5) is 11.6 Å². The van der Waals surface area contributed by atoms with Crippen molar-refractivity contribution in [2.45, 2.75) is 37.8 Å². The Morgan fingerprint density at radius 3 is 2.47 bits per heavy atom. The molecule has 2 aromatic heterocycles. The van der Waals surface area contributed by atoms with Gasteiger partial charge in [0.1, 0.15) is 11.3 Å². The number of hydrogen-bond acceptors (Lipinski definition) is 9. The van der Waals surface area contributed by atoms with Crippen LogP contribution in [-0.2, 0) is 11.8 Å². The van der Waals surface area contributed by atoms with Gasteiger partial charge in [0.25, 0.3) is 5.56 Å². The molecule has 1 aliphatic heterocycles. The molecule has 10 heteroatoms. The second-order valence-electron chi connectivity index (χ2n) is 8.75. The van der Waals surface area contributed by atoms with Crippen molar-refractivity contribution in [3.8, 4) is 11.5 Å². The predicted octanol–water partition coefficient (Wildman–Crippen LogP) is 2.37. The van der Waals surface area contributed by atoms with E-state index >= 15 is 0 Å². The van der Waals surface area contributed by atoms with Crippen LogP contribution in [0.15, 0.2) is 35.5 Å². The molecule has 0 unspecified atom stereocenters. The lowest BCUT2D eigenvalue weighted by molar-refractivity contribution is 0.122. The van der Waals surface area contributed by atoms with Crippen LogP contribution >= 0.6 is 0 Å². The molecule has 3 aromatic rings. The van der Waals surface area contributed by atoms with E-state index in [-0.39, 0.29) is 17.7 Å². The van der Waals surface area contributed by atoms with E-state index in [1.165, 1.54) is 6.20 Å². The minimum Gasteiger partial charge on any atom is -0.494 e. The van der Waals surface area contributed by atoms with Gasteiger partial charge in [0.15, 0.2) is 5.75 Å². The van der Waals surface area contributed by atoms with Crippen LogP contribution in [0, 0.1) is 0 Å². The zero-order valence-electron chi connectivity index (χ0n) is 19.6. The minimum atomic E-state index is -0.149. The van der Waals surface area contributed by atoms with Gasteiger partial charge >= 0.3 is 0 Å². The summed E-state index contributed by atoms with van der Waals surface area (Å²) in [6, 6.07) is 4.36. The quantitative estimate of drug-likeness (QED) is 0.586. The van der Waals surface area contributed by atoms with Crippen molar-refractivity contribution in [3.05, 3.63) is 41.1 Å². The average molecular weight is 467 g/mol. The smallest absolute Gasteiger partial charge is 0.269 e. The van der Waals surface area contributed by atoms with Gasteiger partial charge in [-0.25, -0.2) is 15.0 Å². The van der Waals surface area contributed by atoms with Crippen molar-refractivity contribution >= 4 is 22.7 Å². The molecule has 5 rings (SSSR count). The van der Waals surface area contributed by atoms with Gasteiger partial charge in [-0.05, 0) is 31.7 Å². The highest BCUT2D eigenvalue weighted by molar-refractivity contribution is 5.85. The molecule has 3 heterocycles. The lowest BCUT2D eigenvalue weighted by atomic mass is 9.93. The topological polar surface area (TPSA) is 104 Å². The molecule has 0 bridgehead atoms. The SMILES string of the molecule is COc1cnc(N[C@H]2CC[C@@H](Oc3cc(N4CCOCC4)cc4ncc(=O)n(C)c34)CC2)nc1. The van der Waals surface area contributed by atoms with E-state index in [1.54, 1.807) is 31.1 Å². The molecule has 1 saturated carbocycles. The molecule has 0 amide bonds. The third-order valence-corrected chi connectivity index (χ3v) is 6.56. The number of aryl methyl sites for hydroxylation is 1. The van der Waals surface area contributed by atoms with E-state index in [1.807, 2.05) is 12.1 Å². The van der Waals surface area contributed by atoms with Crippen LogP contribution in [0.25, 0.3) is 11.0 Å². The number of nitrogens with zero attached hydrogens (tertiary/aromatic N) is 5. The van der Waals surface area contributed by atoms with Gasteiger partial charge in [-0.2, -0.15) is 0 Å². The number of benzene rings is 1.